The van der Waals surface area contributed by atoms with Gasteiger partial charge in [-0.25, -0.2) is 4.68 Å². The number of thiocarbonyl (C=S) groups is 1. The molecule has 4 nitrogen and oxygen atoms in total. The summed E-state index contributed by atoms with van der Waals surface area (Å²) in [5.74, 6) is 0.0546. The molecule has 0 amide bonds. The molecule has 0 aliphatic rings. The Hall–Kier alpha value is -1.51. The topological polar surface area (TPSA) is 53.1 Å². The molecule has 26 heavy (non-hydrogen) atoms. The summed E-state index contributed by atoms with van der Waals surface area (Å²) in [6.45, 7) is 3.80. The summed E-state index contributed by atoms with van der Waals surface area (Å²) in [4.78, 5) is 0. The monoisotopic (exact) mass is 425 g/mol. The van der Waals surface area contributed by atoms with Crippen molar-refractivity contribution in [2.75, 3.05) is 0 Å². The molecule has 1 heterocycles. The number of halogens is 5. The van der Waals surface area contributed by atoms with Gasteiger partial charge in [-0.3, -0.25) is 0 Å². The molecule has 0 saturated carbocycles. The van der Waals surface area contributed by atoms with E-state index in [1.54, 1.807) is 6.92 Å². The number of nitrogens with zero attached hydrogens (tertiary/aromatic N) is 2. The number of benzene rings is 1. The molecule has 0 spiro atoms. The van der Waals surface area contributed by atoms with Gasteiger partial charge in [0.05, 0.1) is 21.3 Å². The maximum atomic E-state index is 12.9. The van der Waals surface area contributed by atoms with Crippen molar-refractivity contribution in [2.24, 2.45) is 5.73 Å². The molecule has 10 heteroatoms. The van der Waals surface area contributed by atoms with Gasteiger partial charge in [-0.15, -0.1) is 5.10 Å². The zero-order valence-corrected chi connectivity index (χ0v) is 16.3. The second-order valence-corrected chi connectivity index (χ2v) is 6.82. The lowest BCUT2D eigenvalue weighted by Crippen LogP contribution is -2.21. The molecular weight excluding hydrogens is 410 g/mol. The Bertz CT molecular complexity index is 814. The van der Waals surface area contributed by atoms with Crippen LogP contribution in [0.2, 0.25) is 10.0 Å². The highest BCUT2D eigenvalue weighted by atomic mass is 35.5. The molecule has 0 atom stereocenters. The van der Waals surface area contributed by atoms with Gasteiger partial charge in [-0.2, -0.15) is 13.2 Å². The largest absolute Gasteiger partial charge is 0.434 e. The van der Waals surface area contributed by atoms with Crippen molar-refractivity contribution >= 4 is 40.5 Å². The quantitative estimate of drug-likeness (QED) is 0.620. The van der Waals surface area contributed by atoms with Crippen molar-refractivity contribution in [3.05, 3.63) is 39.0 Å². The van der Waals surface area contributed by atoms with E-state index in [4.69, 9.17) is 45.9 Å². The number of rotatable bonds is 5. The lowest BCUT2D eigenvalue weighted by molar-refractivity contribution is -0.137. The third-order valence-electron chi connectivity index (χ3n) is 3.72. The zero-order valence-electron chi connectivity index (χ0n) is 14.0. The van der Waals surface area contributed by atoms with Gasteiger partial charge >= 0.3 is 6.18 Å². The summed E-state index contributed by atoms with van der Waals surface area (Å²) in [5, 5.41) is 3.69. The van der Waals surface area contributed by atoms with E-state index in [2.05, 4.69) is 5.10 Å². The van der Waals surface area contributed by atoms with Gasteiger partial charge in [0.1, 0.15) is 0 Å². The van der Waals surface area contributed by atoms with Crippen LogP contribution in [0.25, 0.3) is 0 Å². The first-order chi connectivity index (χ1) is 12.1. The molecular formula is C16H16Cl2F3N3OS. The lowest BCUT2D eigenvalue weighted by atomic mass is 10.1. The summed E-state index contributed by atoms with van der Waals surface area (Å²) in [7, 11) is 0. The van der Waals surface area contributed by atoms with Crippen LogP contribution >= 0.6 is 35.4 Å². The fraction of sp³-hybridized carbons (Fsp3) is 0.375. The fourth-order valence-electron chi connectivity index (χ4n) is 2.36. The van der Waals surface area contributed by atoms with Crippen LogP contribution in [0.3, 0.4) is 0 Å². The average molecular weight is 426 g/mol. The highest BCUT2D eigenvalue weighted by Gasteiger charge is 2.32. The minimum Gasteiger partial charge on any atom is -0.434 e. The van der Waals surface area contributed by atoms with Crippen molar-refractivity contribution in [3.63, 3.8) is 0 Å². The van der Waals surface area contributed by atoms with Crippen molar-refractivity contribution in [1.82, 2.24) is 9.78 Å². The number of unbranched alkanes of at least 4 members (excludes halogenated alkanes) is 1. The Morgan fingerprint density at radius 3 is 2.35 bits per heavy atom. The summed E-state index contributed by atoms with van der Waals surface area (Å²) >= 11 is 16.9. The second kappa shape index (κ2) is 8.02. The molecule has 1 aromatic carbocycles. The Morgan fingerprint density at radius 1 is 1.31 bits per heavy atom. The Kier molecular flexibility index (Phi) is 6.42. The van der Waals surface area contributed by atoms with E-state index in [1.165, 1.54) is 4.68 Å². The van der Waals surface area contributed by atoms with Gasteiger partial charge < -0.3 is 10.5 Å². The molecule has 0 aliphatic carbocycles. The first-order valence-corrected chi connectivity index (χ1v) is 8.85. The number of hydrogen-bond donors (Lipinski definition) is 1. The number of hydrogen-bond acceptors (Lipinski definition) is 3. The van der Waals surface area contributed by atoms with Crippen molar-refractivity contribution in [1.29, 1.82) is 0 Å². The van der Waals surface area contributed by atoms with Gasteiger partial charge in [-0.05, 0) is 44.1 Å². The van der Waals surface area contributed by atoms with E-state index in [-0.39, 0.29) is 26.8 Å². The number of alkyl halides is 3. The fourth-order valence-corrected chi connectivity index (χ4v) is 3.11. The van der Waals surface area contributed by atoms with Gasteiger partial charge in [0.15, 0.2) is 10.9 Å². The predicted molar refractivity (Wildman–Crippen MR) is 99.3 cm³/mol. The predicted octanol–water partition coefficient (Wildman–Crippen LogP) is 5.74. The van der Waals surface area contributed by atoms with Crippen LogP contribution < -0.4 is 10.5 Å². The highest BCUT2D eigenvalue weighted by Crippen LogP contribution is 2.42. The second-order valence-electron chi connectivity index (χ2n) is 5.59. The Balaban J connectivity index is 2.48. The molecule has 0 radical (unpaired) electrons. The summed E-state index contributed by atoms with van der Waals surface area (Å²) in [6.07, 6.45) is -2.15. The number of ether oxygens (including phenoxy) is 1. The van der Waals surface area contributed by atoms with Crippen LogP contribution in [0.4, 0.5) is 13.2 Å². The molecule has 2 rings (SSSR count). The Morgan fingerprint density at radius 2 is 1.88 bits per heavy atom. The van der Waals surface area contributed by atoms with Crippen LogP contribution in [0.1, 0.15) is 36.6 Å². The normalized spacial score (nSPS) is 11.7. The van der Waals surface area contributed by atoms with Crippen LogP contribution in [-0.2, 0) is 12.6 Å². The summed E-state index contributed by atoms with van der Waals surface area (Å²) < 4.78 is 45.6. The molecule has 0 unspecified atom stereocenters. The van der Waals surface area contributed by atoms with E-state index in [9.17, 15) is 13.2 Å². The summed E-state index contributed by atoms with van der Waals surface area (Å²) in [5.41, 5.74) is 6.12. The lowest BCUT2D eigenvalue weighted by Gasteiger charge is -2.13. The molecule has 1 aromatic heterocycles. The van der Waals surface area contributed by atoms with E-state index in [1.807, 2.05) is 6.92 Å². The highest BCUT2D eigenvalue weighted by molar-refractivity contribution is 7.80. The molecule has 2 N–H and O–H groups in total. The molecule has 0 saturated heterocycles. The first-order valence-electron chi connectivity index (χ1n) is 7.68. The van der Waals surface area contributed by atoms with E-state index in [0.717, 1.165) is 30.5 Å². The van der Waals surface area contributed by atoms with Crippen LogP contribution in [0, 0.1) is 6.92 Å². The van der Waals surface area contributed by atoms with Gasteiger partial charge in [0.2, 0.25) is 5.88 Å². The zero-order chi connectivity index (χ0) is 19.6. The third kappa shape index (κ3) is 4.42. The minimum absolute atomic E-state index is 0.0275. The number of nitrogens with two attached hydrogens (primary N) is 1. The summed E-state index contributed by atoms with van der Waals surface area (Å²) in [6, 6.07) is 1.51. The molecule has 2 aromatic rings. The van der Waals surface area contributed by atoms with E-state index in [0.29, 0.717) is 12.1 Å². The van der Waals surface area contributed by atoms with Crippen molar-refractivity contribution < 1.29 is 17.9 Å². The molecule has 142 valence electrons. The third-order valence-corrected chi connectivity index (χ3v) is 4.45. The van der Waals surface area contributed by atoms with Crippen molar-refractivity contribution in [3.8, 4) is 11.6 Å². The van der Waals surface area contributed by atoms with Crippen LogP contribution in [-0.4, -0.2) is 14.9 Å². The Labute approximate surface area is 164 Å². The number of aromatic nitrogens is 2. The molecule has 0 aliphatic heterocycles. The van der Waals surface area contributed by atoms with E-state index < -0.39 is 11.7 Å². The van der Waals surface area contributed by atoms with Crippen LogP contribution in [0.5, 0.6) is 11.6 Å². The smallest absolute Gasteiger partial charge is 0.416 e. The van der Waals surface area contributed by atoms with Gasteiger partial charge in [0.25, 0.3) is 0 Å². The van der Waals surface area contributed by atoms with E-state index >= 15 is 0 Å². The average Bonchev–Trinajstić information content (AvgIpc) is 2.84. The van der Waals surface area contributed by atoms with Crippen LogP contribution in [0.15, 0.2) is 12.1 Å². The SMILES string of the molecule is CCCCc1c(Oc2c(Cl)cc(C(F)(F)F)cc2Cl)nn(C(N)=S)c1C. The maximum Gasteiger partial charge on any atom is 0.416 e. The standard InChI is InChI=1S/C16H16Cl2F3N3OS/c1-3-4-5-10-8(2)24(15(22)26)23-14(10)25-13-11(17)6-9(7-12(13)18)16(19,20)21/h6-7H,3-5H2,1-2H3,(H2,22,26). The maximum absolute atomic E-state index is 12.9. The molecule has 0 fully saturated rings. The van der Waals surface area contributed by atoms with Gasteiger partial charge in [0, 0.05) is 5.56 Å². The van der Waals surface area contributed by atoms with Crippen molar-refractivity contribution in [2.45, 2.75) is 39.3 Å². The molecule has 0 bridgehead atoms. The van der Waals surface area contributed by atoms with Gasteiger partial charge in [-0.1, -0.05) is 36.5 Å². The minimum atomic E-state index is -4.57. The first kappa shape index (κ1) is 20.8.